The molecule has 7 heteroatoms. The fourth-order valence-corrected chi connectivity index (χ4v) is 3.61. The van der Waals surface area contributed by atoms with Crippen LogP contribution in [0.5, 0.6) is 11.5 Å². The molecule has 0 spiro atoms. The normalized spacial score (nSPS) is 12.3. The molecule has 3 aromatic rings. The minimum absolute atomic E-state index is 0.187. The number of aromatic nitrogens is 1. The van der Waals surface area contributed by atoms with E-state index in [0.717, 1.165) is 23.6 Å². The maximum atomic E-state index is 10.5. The van der Waals surface area contributed by atoms with Gasteiger partial charge in [-0.15, -0.1) is 0 Å². The highest BCUT2D eigenvalue weighted by Gasteiger charge is 2.13. The molecule has 172 valence electrons. The Kier molecular flexibility index (Phi) is 8.67. The van der Waals surface area contributed by atoms with Crippen molar-refractivity contribution in [3.8, 4) is 11.5 Å². The number of aryl methyl sites for hydroxylation is 1. The van der Waals surface area contributed by atoms with Crippen molar-refractivity contribution >= 4 is 0 Å². The molecule has 0 aliphatic heterocycles. The minimum atomic E-state index is -0.616. The monoisotopic (exact) mass is 439 g/mol. The number of methoxy groups -OCH3 is 1. The first kappa shape index (κ1) is 23.8. The smallest absolute Gasteiger partial charge is 0.161 e. The molecule has 2 aromatic carbocycles. The lowest BCUT2D eigenvalue weighted by atomic mass is 10.2. The summed E-state index contributed by atoms with van der Waals surface area (Å²) in [4.78, 5) is 4.22. The summed E-state index contributed by atoms with van der Waals surface area (Å²) in [6.07, 6.45) is -0.616. The predicted octanol–water partition coefficient (Wildman–Crippen LogP) is 3.50. The van der Waals surface area contributed by atoms with Gasteiger partial charge in [0.2, 0.25) is 0 Å². The molecule has 3 rings (SSSR count). The van der Waals surface area contributed by atoms with Crippen LogP contribution in [0.1, 0.15) is 22.6 Å². The average molecular weight is 440 g/mol. The Hall–Kier alpha value is -2.87. The number of rotatable bonds is 12. The lowest BCUT2D eigenvalue weighted by molar-refractivity contribution is 0.0732. The predicted molar refractivity (Wildman–Crippen MR) is 124 cm³/mol. The Balaban J connectivity index is 1.53. The van der Waals surface area contributed by atoms with Gasteiger partial charge in [0.15, 0.2) is 17.3 Å². The minimum Gasteiger partial charge on any atom is -0.493 e. The van der Waals surface area contributed by atoms with E-state index >= 15 is 0 Å². The molecule has 0 aliphatic carbocycles. The van der Waals surface area contributed by atoms with E-state index < -0.39 is 6.10 Å². The summed E-state index contributed by atoms with van der Waals surface area (Å²) < 4.78 is 16.7. The molecule has 1 N–H and O–H groups in total. The quantitative estimate of drug-likeness (QED) is 0.463. The summed E-state index contributed by atoms with van der Waals surface area (Å²) in [5, 5.41) is 14.4. The maximum absolute atomic E-state index is 10.5. The Morgan fingerprint density at radius 1 is 0.938 bits per heavy atom. The van der Waals surface area contributed by atoms with E-state index in [2.05, 4.69) is 27.1 Å². The summed E-state index contributed by atoms with van der Waals surface area (Å²) in [6, 6.07) is 18.0. The maximum Gasteiger partial charge on any atom is 0.161 e. The lowest BCUT2D eigenvalue weighted by Gasteiger charge is -2.22. The van der Waals surface area contributed by atoms with E-state index in [1.807, 2.05) is 63.5 Å². The molecule has 0 saturated heterocycles. The van der Waals surface area contributed by atoms with Crippen LogP contribution in [-0.2, 0) is 19.6 Å². The second-order valence-electron chi connectivity index (χ2n) is 8.24. The van der Waals surface area contributed by atoms with Crippen LogP contribution >= 0.6 is 0 Å². The first-order valence-electron chi connectivity index (χ1n) is 10.7. The molecule has 0 saturated carbocycles. The molecule has 0 fully saturated rings. The average Bonchev–Trinajstić information content (AvgIpc) is 3.17. The molecule has 7 nitrogen and oxygen atoms in total. The fourth-order valence-electron chi connectivity index (χ4n) is 3.61. The number of benzene rings is 2. The molecule has 0 unspecified atom stereocenters. The van der Waals surface area contributed by atoms with Crippen molar-refractivity contribution in [2.45, 2.75) is 32.7 Å². The second kappa shape index (κ2) is 11.7. The molecule has 0 bridgehead atoms. The molecule has 0 radical (unpaired) electrons. The zero-order valence-corrected chi connectivity index (χ0v) is 19.3. The molecule has 1 aromatic heterocycles. The van der Waals surface area contributed by atoms with Gasteiger partial charge in [0.05, 0.1) is 19.3 Å². The van der Waals surface area contributed by atoms with Crippen LogP contribution in [-0.4, -0.2) is 60.5 Å². The summed E-state index contributed by atoms with van der Waals surface area (Å²) in [6.45, 7) is 4.75. The van der Waals surface area contributed by atoms with Gasteiger partial charge in [0.1, 0.15) is 12.7 Å². The van der Waals surface area contributed by atoms with Gasteiger partial charge in [-0.05, 0) is 44.3 Å². The van der Waals surface area contributed by atoms with Crippen LogP contribution in [0.15, 0.2) is 59.1 Å². The van der Waals surface area contributed by atoms with Gasteiger partial charge < -0.3 is 19.1 Å². The zero-order valence-electron chi connectivity index (χ0n) is 19.3. The van der Waals surface area contributed by atoms with E-state index in [0.29, 0.717) is 31.1 Å². The van der Waals surface area contributed by atoms with E-state index in [1.165, 1.54) is 5.56 Å². The van der Waals surface area contributed by atoms with Gasteiger partial charge in [0, 0.05) is 25.7 Å². The van der Waals surface area contributed by atoms with Crippen LogP contribution in [0.3, 0.4) is 0 Å². The topological polar surface area (TPSA) is 71.2 Å². The molecule has 32 heavy (non-hydrogen) atoms. The number of ether oxygens (including phenoxy) is 2. The number of hydrogen-bond donors (Lipinski definition) is 1. The molecule has 1 heterocycles. The largest absolute Gasteiger partial charge is 0.493 e. The van der Waals surface area contributed by atoms with Gasteiger partial charge in [-0.25, -0.2) is 0 Å². The number of likely N-dealkylation sites (N-methyl/N-ethyl adjacent to an activating group) is 1. The van der Waals surface area contributed by atoms with Crippen molar-refractivity contribution in [3.63, 3.8) is 0 Å². The summed E-state index contributed by atoms with van der Waals surface area (Å²) in [7, 11) is 5.63. The van der Waals surface area contributed by atoms with Crippen LogP contribution in [0.2, 0.25) is 0 Å². The first-order valence-corrected chi connectivity index (χ1v) is 10.7. The first-order chi connectivity index (χ1) is 15.4. The van der Waals surface area contributed by atoms with Crippen molar-refractivity contribution < 1.29 is 19.1 Å². The number of hydrogen-bond acceptors (Lipinski definition) is 7. The number of nitrogens with zero attached hydrogens (tertiary/aromatic N) is 3. The lowest BCUT2D eigenvalue weighted by Crippen LogP contribution is -2.32. The third kappa shape index (κ3) is 7.37. The third-order valence-corrected chi connectivity index (χ3v) is 5.03. The fraction of sp³-hybridized carbons (Fsp3) is 0.400. The molecule has 1 atom stereocenters. The summed E-state index contributed by atoms with van der Waals surface area (Å²) in [5.41, 5.74) is 3.17. The van der Waals surface area contributed by atoms with Crippen LogP contribution in [0.4, 0.5) is 0 Å². The van der Waals surface area contributed by atoms with Crippen molar-refractivity contribution in [2.75, 3.05) is 34.4 Å². The summed E-state index contributed by atoms with van der Waals surface area (Å²) >= 11 is 0. The Morgan fingerprint density at radius 3 is 2.38 bits per heavy atom. The SMILES string of the molecule is COc1ccc(CN(C)Cc2cc(C)no2)cc1OC[C@@H](O)CN(C)Cc1ccccc1. The molecule has 0 aliphatic rings. The highest BCUT2D eigenvalue weighted by molar-refractivity contribution is 5.43. The van der Waals surface area contributed by atoms with Gasteiger partial charge in [0.25, 0.3) is 0 Å². The standard InChI is InChI=1S/C25H33N3O4/c1-19-12-23(32-26-19)17-28(3)15-21-10-11-24(30-4)25(13-21)31-18-22(29)16-27(2)14-20-8-6-5-7-9-20/h5-13,22,29H,14-18H2,1-4H3/t22-/m0/s1. The molecular formula is C25H33N3O4. The second-order valence-corrected chi connectivity index (χ2v) is 8.24. The van der Waals surface area contributed by atoms with Crippen molar-refractivity contribution in [3.05, 3.63) is 77.2 Å². The highest BCUT2D eigenvalue weighted by Crippen LogP contribution is 2.29. The molecule has 0 amide bonds. The van der Waals surface area contributed by atoms with Crippen molar-refractivity contribution in [2.24, 2.45) is 0 Å². The van der Waals surface area contributed by atoms with E-state index in [1.54, 1.807) is 7.11 Å². The van der Waals surface area contributed by atoms with Crippen LogP contribution in [0.25, 0.3) is 0 Å². The molecular weight excluding hydrogens is 406 g/mol. The Labute approximate surface area is 190 Å². The van der Waals surface area contributed by atoms with Gasteiger partial charge in [-0.3, -0.25) is 9.80 Å². The summed E-state index contributed by atoms with van der Waals surface area (Å²) in [5.74, 6) is 2.10. The number of aliphatic hydroxyl groups is 1. The van der Waals surface area contributed by atoms with Crippen LogP contribution in [0, 0.1) is 6.92 Å². The van der Waals surface area contributed by atoms with Gasteiger partial charge in [-0.1, -0.05) is 41.6 Å². The van der Waals surface area contributed by atoms with E-state index in [4.69, 9.17) is 14.0 Å². The Morgan fingerprint density at radius 2 is 1.69 bits per heavy atom. The highest BCUT2D eigenvalue weighted by atomic mass is 16.5. The van der Waals surface area contributed by atoms with Crippen molar-refractivity contribution in [1.82, 2.24) is 15.0 Å². The third-order valence-electron chi connectivity index (χ3n) is 5.03. The van der Waals surface area contributed by atoms with Crippen LogP contribution < -0.4 is 9.47 Å². The Bertz CT molecular complexity index is 961. The van der Waals surface area contributed by atoms with Gasteiger partial charge >= 0.3 is 0 Å². The van der Waals surface area contributed by atoms with Gasteiger partial charge in [-0.2, -0.15) is 0 Å². The van der Waals surface area contributed by atoms with Crippen molar-refractivity contribution in [1.29, 1.82) is 0 Å². The zero-order chi connectivity index (χ0) is 22.9. The number of aliphatic hydroxyl groups excluding tert-OH is 1. The van der Waals surface area contributed by atoms with E-state index in [9.17, 15) is 5.11 Å². The van der Waals surface area contributed by atoms with E-state index in [-0.39, 0.29) is 6.61 Å².